The van der Waals surface area contributed by atoms with Gasteiger partial charge in [-0.2, -0.15) is 0 Å². The van der Waals surface area contributed by atoms with Crippen LogP contribution in [-0.2, 0) is 0 Å². The van der Waals surface area contributed by atoms with E-state index in [1.807, 2.05) is 0 Å². The number of aliphatic imine (C=N–C) groups is 1. The Morgan fingerprint density at radius 1 is 1.06 bits per heavy atom. The van der Waals surface area contributed by atoms with Gasteiger partial charge in [-0.1, -0.05) is 12.1 Å². The van der Waals surface area contributed by atoms with Crippen molar-refractivity contribution in [2.45, 2.75) is 0 Å². The van der Waals surface area contributed by atoms with Crippen molar-refractivity contribution in [2.24, 2.45) is 4.99 Å². The first-order valence-corrected chi connectivity index (χ1v) is 5.40. The molecule has 0 radical (unpaired) electrons. The average molecular weight is 243 g/mol. The van der Waals surface area contributed by atoms with Crippen LogP contribution in [0.4, 0.5) is 5.69 Å². The Bertz CT molecular complexity index is 579. The lowest BCUT2D eigenvalue weighted by Crippen LogP contribution is -1.86. The van der Waals surface area contributed by atoms with Gasteiger partial charge in [0.1, 0.15) is 11.4 Å². The second kappa shape index (κ2) is 5.23. The maximum atomic E-state index is 9.55. The lowest BCUT2D eigenvalue weighted by Gasteiger charge is -2.03. The summed E-state index contributed by atoms with van der Waals surface area (Å²) < 4.78 is 5.00. The van der Waals surface area contributed by atoms with Gasteiger partial charge in [0.05, 0.1) is 7.11 Å². The number of phenols is 2. The Balaban J connectivity index is 2.27. The number of methoxy groups -OCH3 is 1. The minimum Gasteiger partial charge on any atom is -0.506 e. The van der Waals surface area contributed by atoms with Crippen molar-refractivity contribution in [3.05, 3.63) is 48.0 Å². The highest BCUT2D eigenvalue weighted by Gasteiger charge is 2.01. The number of ether oxygens (including phenoxy) is 1. The number of nitrogens with zero attached hydrogens (tertiary/aromatic N) is 1. The minimum atomic E-state index is 0.0807. The molecule has 0 fully saturated rings. The molecule has 2 N–H and O–H groups in total. The van der Waals surface area contributed by atoms with E-state index in [9.17, 15) is 10.2 Å². The molecule has 0 aliphatic heterocycles. The van der Waals surface area contributed by atoms with Crippen molar-refractivity contribution in [3.8, 4) is 17.2 Å². The van der Waals surface area contributed by atoms with Gasteiger partial charge in [0.25, 0.3) is 0 Å². The first-order valence-electron chi connectivity index (χ1n) is 5.40. The van der Waals surface area contributed by atoms with E-state index >= 15 is 0 Å². The Hall–Kier alpha value is -2.49. The molecular weight excluding hydrogens is 230 g/mol. The van der Waals surface area contributed by atoms with Crippen molar-refractivity contribution in [3.63, 3.8) is 0 Å². The highest BCUT2D eigenvalue weighted by atomic mass is 16.5. The maximum absolute atomic E-state index is 9.55. The van der Waals surface area contributed by atoms with Crippen LogP contribution in [0.1, 0.15) is 5.56 Å². The number of para-hydroxylation sites is 2. The molecule has 4 nitrogen and oxygen atoms in total. The van der Waals surface area contributed by atoms with Crippen LogP contribution in [0, 0.1) is 0 Å². The molecule has 2 rings (SSSR count). The van der Waals surface area contributed by atoms with Crippen LogP contribution in [0.2, 0.25) is 0 Å². The summed E-state index contributed by atoms with van der Waals surface area (Å²) in [6.45, 7) is 0. The van der Waals surface area contributed by atoms with Gasteiger partial charge >= 0.3 is 0 Å². The lowest BCUT2D eigenvalue weighted by molar-refractivity contribution is 0.373. The molecular formula is C14H13NO3. The van der Waals surface area contributed by atoms with E-state index in [0.717, 1.165) is 5.56 Å². The summed E-state index contributed by atoms with van der Waals surface area (Å²) in [5.41, 5.74) is 1.26. The van der Waals surface area contributed by atoms with Gasteiger partial charge in [0.2, 0.25) is 0 Å². The fraction of sp³-hybridized carbons (Fsp3) is 0.0714. The first kappa shape index (κ1) is 12.0. The second-order valence-electron chi connectivity index (χ2n) is 3.68. The number of hydrogen-bond acceptors (Lipinski definition) is 4. The fourth-order valence-electron chi connectivity index (χ4n) is 1.49. The summed E-state index contributed by atoms with van der Waals surface area (Å²) in [7, 11) is 1.49. The van der Waals surface area contributed by atoms with Gasteiger partial charge in [0.15, 0.2) is 11.5 Å². The maximum Gasteiger partial charge on any atom is 0.161 e. The van der Waals surface area contributed by atoms with E-state index in [-0.39, 0.29) is 11.5 Å². The van der Waals surface area contributed by atoms with Crippen molar-refractivity contribution >= 4 is 11.9 Å². The standard InChI is InChI=1S/C14H13NO3/c1-18-14-8-10(6-7-13(14)17)9-15-11-4-2-3-5-12(11)16/h2-9,16-17H,1H3. The third kappa shape index (κ3) is 2.60. The molecule has 0 atom stereocenters. The SMILES string of the molecule is COc1cc(C=Nc2ccccc2O)ccc1O. The smallest absolute Gasteiger partial charge is 0.161 e. The third-order valence-electron chi connectivity index (χ3n) is 2.44. The molecule has 2 aromatic carbocycles. The van der Waals surface area contributed by atoms with Gasteiger partial charge < -0.3 is 14.9 Å². The van der Waals surface area contributed by atoms with E-state index in [1.54, 1.807) is 42.6 Å². The number of phenolic OH excluding ortho intramolecular Hbond substituents is 2. The molecule has 0 aliphatic carbocycles. The van der Waals surface area contributed by atoms with Crippen LogP contribution in [-0.4, -0.2) is 23.5 Å². The first-order chi connectivity index (χ1) is 8.70. The van der Waals surface area contributed by atoms with Crippen LogP contribution in [0.5, 0.6) is 17.2 Å². The predicted molar refractivity (Wildman–Crippen MR) is 70.0 cm³/mol. The molecule has 0 aromatic heterocycles. The minimum absolute atomic E-state index is 0.0807. The fourth-order valence-corrected chi connectivity index (χ4v) is 1.49. The van der Waals surface area contributed by atoms with E-state index < -0.39 is 0 Å². The third-order valence-corrected chi connectivity index (χ3v) is 2.44. The molecule has 18 heavy (non-hydrogen) atoms. The summed E-state index contributed by atoms with van der Waals surface area (Å²) >= 11 is 0. The molecule has 2 aromatic rings. The normalized spacial score (nSPS) is 10.7. The Morgan fingerprint density at radius 2 is 1.83 bits per heavy atom. The van der Waals surface area contributed by atoms with Gasteiger partial charge in [-0.25, -0.2) is 0 Å². The molecule has 0 aliphatic rings. The number of rotatable bonds is 3. The lowest BCUT2D eigenvalue weighted by atomic mass is 10.2. The van der Waals surface area contributed by atoms with Crippen LogP contribution in [0.15, 0.2) is 47.5 Å². The van der Waals surface area contributed by atoms with Gasteiger partial charge in [-0.05, 0) is 35.9 Å². The molecule has 0 saturated carbocycles. The predicted octanol–water partition coefficient (Wildman–Crippen LogP) is 2.86. The molecule has 0 saturated heterocycles. The van der Waals surface area contributed by atoms with E-state index in [2.05, 4.69) is 4.99 Å². The summed E-state index contributed by atoms with van der Waals surface area (Å²) in [4.78, 5) is 4.17. The van der Waals surface area contributed by atoms with Crippen LogP contribution in [0.3, 0.4) is 0 Å². The van der Waals surface area contributed by atoms with Crippen molar-refractivity contribution in [1.29, 1.82) is 0 Å². The molecule has 0 bridgehead atoms. The van der Waals surface area contributed by atoms with Gasteiger partial charge in [-0.15, -0.1) is 0 Å². The summed E-state index contributed by atoms with van der Waals surface area (Å²) in [6, 6.07) is 11.7. The number of aromatic hydroxyl groups is 2. The summed E-state index contributed by atoms with van der Waals surface area (Å²) in [5, 5.41) is 19.0. The molecule has 92 valence electrons. The number of hydrogen-bond donors (Lipinski definition) is 2. The highest BCUT2D eigenvalue weighted by molar-refractivity contribution is 5.83. The monoisotopic (exact) mass is 243 g/mol. The van der Waals surface area contributed by atoms with E-state index in [1.165, 1.54) is 13.2 Å². The van der Waals surface area contributed by atoms with Gasteiger partial charge in [0, 0.05) is 6.21 Å². The van der Waals surface area contributed by atoms with E-state index in [4.69, 9.17) is 4.74 Å². The molecule has 0 spiro atoms. The second-order valence-corrected chi connectivity index (χ2v) is 3.68. The Kier molecular flexibility index (Phi) is 3.48. The van der Waals surface area contributed by atoms with Crippen LogP contribution in [0.25, 0.3) is 0 Å². The van der Waals surface area contributed by atoms with E-state index in [0.29, 0.717) is 11.4 Å². The zero-order valence-electron chi connectivity index (χ0n) is 9.87. The zero-order chi connectivity index (χ0) is 13.0. The number of benzene rings is 2. The summed E-state index contributed by atoms with van der Waals surface area (Å²) in [5.74, 6) is 0.591. The largest absolute Gasteiger partial charge is 0.506 e. The van der Waals surface area contributed by atoms with Crippen molar-refractivity contribution in [1.82, 2.24) is 0 Å². The molecule has 0 heterocycles. The Labute approximate surface area is 105 Å². The highest BCUT2D eigenvalue weighted by Crippen LogP contribution is 2.27. The zero-order valence-corrected chi connectivity index (χ0v) is 9.87. The molecule has 0 amide bonds. The summed E-state index contributed by atoms with van der Waals surface area (Å²) in [6.07, 6.45) is 1.59. The topological polar surface area (TPSA) is 62.0 Å². The molecule has 4 heteroatoms. The van der Waals surface area contributed by atoms with Crippen molar-refractivity contribution in [2.75, 3.05) is 7.11 Å². The van der Waals surface area contributed by atoms with Crippen molar-refractivity contribution < 1.29 is 14.9 Å². The average Bonchev–Trinajstić information content (AvgIpc) is 2.39. The Morgan fingerprint density at radius 3 is 2.56 bits per heavy atom. The van der Waals surface area contributed by atoms with Gasteiger partial charge in [-0.3, -0.25) is 4.99 Å². The molecule has 0 unspecified atom stereocenters. The van der Waals surface area contributed by atoms with Crippen LogP contribution >= 0.6 is 0 Å². The van der Waals surface area contributed by atoms with Crippen LogP contribution < -0.4 is 4.74 Å². The quantitative estimate of drug-likeness (QED) is 0.815.